The average molecular weight is 276 g/mol. The van der Waals surface area contributed by atoms with Crippen molar-refractivity contribution in [3.8, 4) is 0 Å². The van der Waals surface area contributed by atoms with Crippen LogP contribution < -0.4 is 10.2 Å². The van der Waals surface area contributed by atoms with Gasteiger partial charge >= 0.3 is 0 Å². The zero-order chi connectivity index (χ0) is 14.5. The van der Waals surface area contributed by atoms with Crippen molar-refractivity contribution >= 4 is 5.69 Å². The summed E-state index contributed by atoms with van der Waals surface area (Å²) in [5.41, 5.74) is 4.01. The third-order valence-corrected chi connectivity index (χ3v) is 4.13. The van der Waals surface area contributed by atoms with Crippen LogP contribution in [0.3, 0.4) is 0 Å². The van der Waals surface area contributed by atoms with E-state index in [9.17, 15) is 5.11 Å². The van der Waals surface area contributed by atoms with E-state index in [-0.39, 0.29) is 6.10 Å². The Balaban J connectivity index is 2.00. The summed E-state index contributed by atoms with van der Waals surface area (Å²) in [5, 5.41) is 12.9. The molecular formula is C17H28N2O. The van der Waals surface area contributed by atoms with E-state index in [1.54, 1.807) is 0 Å². The van der Waals surface area contributed by atoms with Gasteiger partial charge in [-0.25, -0.2) is 0 Å². The van der Waals surface area contributed by atoms with Crippen molar-refractivity contribution in [3.05, 3.63) is 29.3 Å². The van der Waals surface area contributed by atoms with Crippen molar-refractivity contribution in [3.63, 3.8) is 0 Å². The van der Waals surface area contributed by atoms with Crippen LogP contribution in [-0.2, 0) is 6.54 Å². The fourth-order valence-electron chi connectivity index (χ4n) is 2.96. The molecule has 0 aliphatic heterocycles. The van der Waals surface area contributed by atoms with Gasteiger partial charge in [-0.3, -0.25) is 0 Å². The summed E-state index contributed by atoms with van der Waals surface area (Å²) in [6.45, 7) is 7.38. The molecule has 0 amide bonds. The molecule has 1 aliphatic carbocycles. The van der Waals surface area contributed by atoms with Crippen molar-refractivity contribution in [1.29, 1.82) is 0 Å². The van der Waals surface area contributed by atoms with E-state index in [0.717, 1.165) is 38.9 Å². The first-order valence-electron chi connectivity index (χ1n) is 7.79. The van der Waals surface area contributed by atoms with Gasteiger partial charge in [-0.1, -0.05) is 24.6 Å². The zero-order valence-electron chi connectivity index (χ0n) is 13.0. The minimum atomic E-state index is -0.0582. The summed E-state index contributed by atoms with van der Waals surface area (Å²) < 4.78 is 0. The van der Waals surface area contributed by atoms with Gasteiger partial charge in [0.2, 0.25) is 0 Å². The highest BCUT2D eigenvalue weighted by Gasteiger charge is 2.28. The number of aliphatic hydroxyl groups excluding tert-OH is 1. The molecule has 0 unspecified atom stereocenters. The lowest BCUT2D eigenvalue weighted by Gasteiger charge is -2.36. The first kappa shape index (κ1) is 15.3. The molecular weight excluding hydrogens is 248 g/mol. The minimum Gasteiger partial charge on any atom is -0.393 e. The summed E-state index contributed by atoms with van der Waals surface area (Å²) in [4.78, 5) is 2.35. The summed E-state index contributed by atoms with van der Waals surface area (Å²) in [6.07, 6.45) is 3.02. The first-order chi connectivity index (χ1) is 9.60. The zero-order valence-corrected chi connectivity index (χ0v) is 13.0. The predicted octanol–water partition coefficient (Wildman–Crippen LogP) is 2.70. The van der Waals surface area contributed by atoms with E-state index < -0.39 is 0 Å². The molecule has 3 nitrogen and oxygen atoms in total. The predicted molar refractivity (Wildman–Crippen MR) is 85.2 cm³/mol. The molecule has 0 aromatic heterocycles. The summed E-state index contributed by atoms with van der Waals surface area (Å²) in [7, 11) is 2.17. The molecule has 0 radical (unpaired) electrons. The highest BCUT2D eigenvalue weighted by Crippen LogP contribution is 2.30. The van der Waals surface area contributed by atoms with Gasteiger partial charge in [-0.2, -0.15) is 0 Å². The SMILES string of the molecule is CCCNCc1cc(C)ccc1N(C)CC1CC(O)C1. The van der Waals surface area contributed by atoms with Gasteiger partial charge in [0.15, 0.2) is 0 Å². The third-order valence-electron chi connectivity index (χ3n) is 4.13. The number of hydrogen-bond acceptors (Lipinski definition) is 3. The van der Waals surface area contributed by atoms with E-state index in [1.165, 1.54) is 16.8 Å². The second-order valence-electron chi connectivity index (χ2n) is 6.18. The lowest BCUT2D eigenvalue weighted by Crippen LogP contribution is -2.37. The van der Waals surface area contributed by atoms with Gasteiger partial charge in [-0.15, -0.1) is 0 Å². The summed E-state index contributed by atoms with van der Waals surface area (Å²) >= 11 is 0. The van der Waals surface area contributed by atoms with E-state index in [2.05, 4.69) is 49.3 Å². The monoisotopic (exact) mass is 276 g/mol. The van der Waals surface area contributed by atoms with Crippen LogP contribution in [0.5, 0.6) is 0 Å². The van der Waals surface area contributed by atoms with Gasteiger partial charge in [0.05, 0.1) is 6.10 Å². The Bertz CT molecular complexity index is 427. The molecule has 0 atom stereocenters. The fraction of sp³-hybridized carbons (Fsp3) is 0.647. The van der Waals surface area contributed by atoms with Crippen molar-refractivity contribution in [2.45, 2.75) is 45.8 Å². The second-order valence-corrected chi connectivity index (χ2v) is 6.18. The maximum atomic E-state index is 9.41. The number of nitrogens with one attached hydrogen (secondary N) is 1. The number of nitrogens with zero attached hydrogens (tertiary/aromatic N) is 1. The highest BCUT2D eigenvalue weighted by atomic mass is 16.3. The molecule has 2 rings (SSSR count). The van der Waals surface area contributed by atoms with Crippen LogP contribution in [0.15, 0.2) is 18.2 Å². The van der Waals surface area contributed by atoms with Crippen LogP contribution in [0.1, 0.15) is 37.3 Å². The largest absolute Gasteiger partial charge is 0.393 e. The topological polar surface area (TPSA) is 35.5 Å². The quantitative estimate of drug-likeness (QED) is 0.752. The highest BCUT2D eigenvalue weighted by molar-refractivity contribution is 5.54. The number of hydrogen-bond donors (Lipinski definition) is 2. The molecule has 1 saturated carbocycles. The van der Waals surface area contributed by atoms with Crippen LogP contribution in [-0.4, -0.2) is 31.3 Å². The van der Waals surface area contributed by atoms with Gasteiger partial charge in [0, 0.05) is 25.8 Å². The Morgan fingerprint density at radius 3 is 2.75 bits per heavy atom. The van der Waals surface area contributed by atoms with Crippen molar-refractivity contribution in [2.75, 3.05) is 25.0 Å². The molecule has 2 N–H and O–H groups in total. The summed E-state index contributed by atoms with van der Waals surface area (Å²) in [6, 6.07) is 6.70. The van der Waals surface area contributed by atoms with Crippen LogP contribution in [0, 0.1) is 12.8 Å². The molecule has 1 aromatic carbocycles. The third kappa shape index (κ3) is 3.97. The lowest BCUT2D eigenvalue weighted by molar-refractivity contribution is 0.0464. The molecule has 0 saturated heterocycles. The molecule has 3 heteroatoms. The molecule has 20 heavy (non-hydrogen) atoms. The Kier molecular flexibility index (Phi) is 5.44. The van der Waals surface area contributed by atoms with E-state index in [0.29, 0.717) is 5.92 Å². The maximum Gasteiger partial charge on any atom is 0.0546 e. The Morgan fingerprint density at radius 2 is 2.10 bits per heavy atom. The number of aryl methyl sites for hydroxylation is 1. The van der Waals surface area contributed by atoms with Crippen molar-refractivity contribution in [2.24, 2.45) is 5.92 Å². The van der Waals surface area contributed by atoms with Crippen LogP contribution in [0.4, 0.5) is 5.69 Å². The Labute approximate surface area is 123 Å². The Hall–Kier alpha value is -1.06. The number of rotatable bonds is 7. The molecule has 1 aromatic rings. The normalized spacial score (nSPS) is 21.6. The standard InChI is InChI=1S/C17H28N2O/c1-4-7-18-11-15-8-13(2)5-6-17(15)19(3)12-14-9-16(20)10-14/h5-6,8,14,16,18,20H,4,7,9-12H2,1-3H3. The first-order valence-corrected chi connectivity index (χ1v) is 7.79. The Morgan fingerprint density at radius 1 is 1.35 bits per heavy atom. The lowest BCUT2D eigenvalue weighted by atomic mass is 9.82. The average Bonchev–Trinajstić information content (AvgIpc) is 2.37. The fourth-order valence-corrected chi connectivity index (χ4v) is 2.96. The molecule has 1 aliphatic rings. The maximum absolute atomic E-state index is 9.41. The molecule has 0 bridgehead atoms. The van der Waals surface area contributed by atoms with Crippen LogP contribution >= 0.6 is 0 Å². The molecule has 0 heterocycles. The molecule has 0 spiro atoms. The number of benzene rings is 1. The molecule has 1 fully saturated rings. The molecule has 112 valence electrons. The minimum absolute atomic E-state index is 0.0582. The van der Waals surface area contributed by atoms with E-state index in [1.807, 2.05) is 0 Å². The van der Waals surface area contributed by atoms with Gasteiger partial charge in [0.25, 0.3) is 0 Å². The van der Waals surface area contributed by atoms with Crippen LogP contribution in [0.2, 0.25) is 0 Å². The van der Waals surface area contributed by atoms with Gasteiger partial charge < -0.3 is 15.3 Å². The van der Waals surface area contributed by atoms with Gasteiger partial charge in [-0.05, 0) is 50.3 Å². The van der Waals surface area contributed by atoms with Crippen molar-refractivity contribution in [1.82, 2.24) is 5.32 Å². The van der Waals surface area contributed by atoms with E-state index >= 15 is 0 Å². The second kappa shape index (κ2) is 7.09. The van der Waals surface area contributed by atoms with E-state index in [4.69, 9.17) is 0 Å². The van der Waals surface area contributed by atoms with Crippen molar-refractivity contribution < 1.29 is 5.11 Å². The number of aliphatic hydroxyl groups is 1. The van der Waals surface area contributed by atoms with Gasteiger partial charge in [0.1, 0.15) is 0 Å². The number of anilines is 1. The smallest absolute Gasteiger partial charge is 0.0546 e. The van der Waals surface area contributed by atoms with Crippen LogP contribution in [0.25, 0.3) is 0 Å². The summed E-state index contributed by atoms with van der Waals surface area (Å²) in [5.74, 6) is 0.646.